The number of carbonyl (C=O) groups excluding carboxylic acids is 2. The summed E-state index contributed by atoms with van der Waals surface area (Å²) in [5.41, 5.74) is 3.23. The lowest BCUT2D eigenvalue weighted by atomic mass is 10.1. The summed E-state index contributed by atoms with van der Waals surface area (Å²) in [4.78, 5) is 26.4. The number of hydrazone groups is 1. The summed E-state index contributed by atoms with van der Waals surface area (Å²) in [6, 6.07) is 14.9. The number of rotatable bonds is 9. The van der Waals surface area contributed by atoms with E-state index >= 15 is 0 Å². The second-order valence-corrected chi connectivity index (χ2v) is 8.43. The molecule has 0 radical (unpaired) electrons. The number of ether oxygens (including phenoxy) is 2. The first-order valence-electron chi connectivity index (χ1n) is 10.3. The van der Waals surface area contributed by atoms with E-state index in [0.29, 0.717) is 24.6 Å². The van der Waals surface area contributed by atoms with Crippen LogP contribution >= 0.6 is 11.8 Å². The summed E-state index contributed by atoms with van der Waals surface area (Å²) < 4.78 is 10.4. The number of amides is 2. The normalized spacial score (nSPS) is 13.7. The van der Waals surface area contributed by atoms with Crippen LogP contribution in [0.3, 0.4) is 0 Å². The van der Waals surface area contributed by atoms with Crippen molar-refractivity contribution in [3.63, 3.8) is 0 Å². The lowest BCUT2D eigenvalue weighted by molar-refractivity contribution is 0.156. The van der Waals surface area contributed by atoms with Crippen LogP contribution < -0.4 is 10.1 Å². The highest BCUT2D eigenvalue weighted by Crippen LogP contribution is 2.23. The Morgan fingerprint density at radius 3 is 2.72 bits per heavy atom. The lowest BCUT2D eigenvalue weighted by Gasteiger charge is -2.23. The average molecular weight is 457 g/mol. The first kappa shape index (κ1) is 23.6. The first-order valence-corrected chi connectivity index (χ1v) is 11.3. The van der Waals surface area contributed by atoms with Gasteiger partial charge in [-0.3, -0.25) is 10.1 Å². The van der Waals surface area contributed by atoms with Crippen molar-refractivity contribution in [2.45, 2.75) is 13.0 Å². The molecule has 0 atom stereocenters. The number of nitrogens with zero attached hydrogens (tertiary/aromatic N) is 3. The van der Waals surface area contributed by atoms with Crippen LogP contribution in [0.4, 0.5) is 15.3 Å². The maximum absolute atomic E-state index is 12.4. The predicted octanol–water partition coefficient (Wildman–Crippen LogP) is 4.27. The number of nitrogens with one attached hydrogen (secondary N) is 1. The van der Waals surface area contributed by atoms with Crippen LogP contribution in [0, 0.1) is 0 Å². The van der Waals surface area contributed by atoms with E-state index in [9.17, 15) is 9.59 Å². The zero-order valence-electron chi connectivity index (χ0n) is 18.5. The molecule has 9 heteroatoms. The largest absolute Gasteiger partial charge is 0.497 e. The highest BCUT2D eigenvalue weighted by atomic mass is 32.2. The summed E-state index contributed by atoms with van der Waals surface area (Å²) in [6.45, 7) is 1.51. The minimum absolute atomic E-state index is 0.110. The molecule has 1 aliphatic heterocycles. The van der Waals surface area contributed by atoms with Crippen LogP contribution in [0.2, 0.25) is 0 Å². The van der Waals surface area contributed by atoms with Crippen LogP contribution in [-0.4, -0.2) is 67.1 Å². The van der Waals surface area contributed by atoms with E-state index in [4.69, 9.17) is 9.47 Å². The molecule has 1 heterocycles. The number of thioether (sulfide) groups is 1. The van der Waals surface area contributed by atoms with Gasteiger partial charge in [-0.05, 0) is 68.0 Å². The van der Waals surface area contributed by atoms with Gasteiger partial charge in [0.1, 0.15) is 5.75 Å². The van der Waals surface area contributed by atoms with Crippen LogP contribution in [0.25, 0.3) is 0 Å². The molecule has 2 aromatic rings. The number of hydrogen-bond donors (Lipinski definition) is 1. The molecule has 1 N–H and O–H groups in total. The molecule has 32 heavy (non-hydrogen) atoms. The molecule has 0 aliphatic carbocycles. The van der Waals surface area contributed by atoms with E-state index in [1.165, 1.54) is 16.8 Å². The summed E-state index contributed by atoms with van der Waals surface area (Å²) in [6.07, 6.45) is 0.273. The Labute approximate surface area is 192 Å². The minimum atomic E-state index is -0.495. The van der Waals surface area contributed by atoms with Gasteiger partial charge in [0.15, 0.2) is 0 Å². The van der Waals surface area contributed by atoms with Crippen molar-refractivity contribution in [1.29, 1.82) is 0 Å². The van der Waals surface area contributed by atoms with Gasteiger partial charge in [0.25, 0.3) is 0 Å². The Balaban J connectivity index is 1.61. The van der Waals surface area contributed by atoms with E-state index in [0.717, 1.165) is 35.6 Å². The highest BCUT2D eigenvalue weighted by Gasteiger charge is 2.22. The molecule has 8 nitrogen and oxygen atoms in total. The van der Waals surface area contributed by atoms with Gasteiger partial charge in [0, 0.05) is 18.0 Å². The maximum atomic E-state index is 12.4. The molecule has 0 bridgehead atoms. The van der Waals surface area contributed by atoms with Crippen LogP contribution in [-0.2, 0) is 11.3 Å². The standard InChI is InChI=1S/C23H28N4O4S/c1-26(2)12-5-13-31-22(28)24-19-7-4-6-17(14-19)15-27-23(29)32-16-21(25-27)18-8-10-20(30-3)11-9-18/h4,6-11,14H,5,12-13,15-16H2,1-3H3,(H,24,28). The monoisotopic (exact) mass is 456 g/mol. The molecular weight excluding hydrogens is 428 g/mol. The van der Waals surface area contributed by atoms with E-state index in [1.54, 1.807) is 13.2 Å². The third kappa shape index (κ3) is 7.00. The van der Waals surface area contributed by atoms with Crippen molar-refractivity contribution in [3.8, 4) is 5.75 Å². The Hall–Kier alpha value is -3.04. The van der Waals surface area contributed by atoms with E-state index < -0.39 is 6.09 Å². The summed E-state index contributed by atoms with van der Waals surface area (Å²) in [5.74, 6) is 1.29. The Bertz CT molecular complexity index is 963. The Morgan fingerprint density at radius 2 is 2.00 bits per heavy atom. The fourth-order valence-electron chi connectivity index (χ4n) is 3.06. The fourth-order valence-corrected chi connectivity index (χ4v) is 3.80. The molecule has 2 amide bonds. The van der Waals surface area contributed by atoms with Crippen LogP contribution in [0.1, 0.15) is 17.5 Å². The SMILES string of the molecule is COc1ccc(C2=NN(Cc3cccc(NC(=O)OCCCN(C)C)c3)C(=O)SC2)cc1. The van der Waals surface area contributed by atoms with E-state index in [1.807, 2.05) is 61.5 Å². The molecule has 2 aromatic carbocycles. The molecular formula is C23H28N4O4S. The smallest absolute Gasteiger partial charge is 0.411 e. The van der Waals surface area contributed by atoms with Crippen molar-refractivity contribution >= 4 is 34.5 Å². The number of hydrogen-bond acceptors (Lipinski definition) is 7. The third-order valence-electron chi connectivity index (χ3n) is 4.70. The Morgan fingerprint density at radius 1 is 1.22 bits per heavy atom. The van der Waals surface area contributed by atoms with Crippen LogP contribution in [0.5, 0.6) is 5.75 Å². The molecule has 0 saturated carbocycles. The quantitative estimate of drug-likeness (QED) is 0.568. The summed E-state index contributed by atoms with van der Waals surface area (Å²) in [5, 5.41) is 8.64. The molecule has 0 unspecified atom stereocenters. The molecule has 0 aromatic heterocycles. The van der Waals surface area contributed by atoms with Gasteiger partial charge in [-0.15, -0.1) is 0 Å². The van der Waals surface area contributed by atoms with Crippen molar-refractivity contribution in [3.05, 3.63) is 59.7 Å². The Kier molecular flexibility index (Phi) is 8.52. The van der Waals surface area contributed by atoms with Gasteiger partial charge in [-0.1, -0.05) is 23.9 Å². The second kappa shape index (κ2) is 11.5. The number of benzene rings is 2. The van der Waals surface area contributed by atoms with Gasteiger partial charge in [0.2, 0.25) is 0 Å². The third-order valence-corrected chi connectivity index (χ3v) is 5.57. The van der Waals surface area contributed by atoms with Gasteiger partial charge >= 0.3 is 11.3 Å². The van der Waals surface area contributed by atoms with Crippen molar-refractivity contribution in [1.82, 2.24) is 9.91 Å². The first-order chi connectivity index (χ1) is 15.4. The van der Waals surface area contributed by atoms with Crippen molar-refractivity contribution < 1.29 is 19.1 Å². The molecule has 0 fully saturated rings. The molecule has 170 valence electrons. The zero-order chi connectivity index (χ0) is 22.9. The summed E-state index contributed by atoms with van der Waals surface area (Å²) in [7, 11) is 5.57. The van der Waals surface area contributed by atoms with Gasteiger partial charge < -0.3 is 14.4 Å². The average Bonchev–Trinajstić information content (AvgIpc) is 2.78. The summed E-state index contributed by atoms with van der Waals surface area (Å²) >= 11 is 1.22. The number of anilines is 1. The van der Waals surface area contributed by atoms with Gasteiger partial charge in [-0.25, -0.2) is 9.80 Å². The van der Waals surface area contributed by atoms with Gasteiger partial charge in [-0.2, -0.15) is 5.10 Å². The maximum Gasteiger partial charge on any atom is 0.411 e. The topological polar surface area (TPSA) is 83.5 Å². The van der Waals surface area contributed by atoms with E-state index in [-0.39, 0.29) is 5.24 Å². The minimum Gasteiger partial charge on any atom is -0.497 e. The number of carbonyl (C=O) groups is 2. The molecule has 0 saturated heterocycles. The van der Waals surface area contributed by atoms with Crippen LogP contribution in [0.15, 0.2) is 53.6 Å². The lowest BCUT2D eigenvalue weighted by Crippen LogP contribution is -2.29. The second-order valence-electron chi connectivity index (χ2n) is 7.51. The van der Waals surface area contributed by atoms with Crippen molar-refractivity contribution in [2.75, 3.05) is 45.4 Å². The zero-order valence-corrected chi connectivity index (χ0v) is 19.4. The molecule has 3 rings (SSSR count). The van der Waals surface area contributed by atoms with Crippen molar-refractivity contribution in [2.24, 2.45) is 5.10 Å². The number of methoxy groups -OCH3 is 1. The predicted molar refractivity (Wildman–Crippen MR) is 128 cm³/mol. The molecule has 0 spiro atoms. The van der Waals surface area contributed by atoms with E-state index in [2.05, 4.69) is 10.4 Å². The highest BCUT2D eigenvalue weighted by molar-refractivity contribution is 8.14. The van der Waals surface area contributed by atoms with Gasteiger partial charge in [0.05, 0.1) is 26.0 Å². The fraction of sp³-hybridized carbons (Fsp3) is 0.348. The molecule has 1 aliphatic rings.